The van der Waals surface area contributed by atoms with Gasteiger partial charge in [-0.2, -0.15) is 0 Å². The molecule has 3 N–H and O–H groups in total. The molecular weight excluding hydrogens is 466 g/mol. The highest BCUT2D eigenvalue weighted by Gasteiger charge is 2.60. The molecule has 3 aliphatic rings. The third kappa shape index (κ3) is 4.95. The molecule has 0 radical (unpaired) electrons. The molecule has 2 saturated carbocycles. The molecule has 2 aliphatic carbocycles. The van der Waals surface area contributed by atoms with Gasteiger partial charge in [-0.3, -0.25) is 19.7 Å². The van der Waals surface area contributed by atoms with E-state index in [0.29, 0.717) is 47.4 Å². The number of carbonyl (C=O) groups is 3. The van der Waals surface area contributed by atoms with E-state index in [1.807, 2.05) is 18.2 Å². The first-order valence-corrected chi connectivity index (χ1v) is 14.1. The van der Waals surface area contributed by atoms with Crippen molar-refractivity contribution in [2.45, 2.75) is 96.9 Å². The number of carbonyl (C=O) groups excluding carboxylic acids is 3. The molecule has 3 fully saturated rings. The van der Waals surface area contributed by atoms with Crippen LogP contribution in [0.5, 0.6) is 0 Å². The highest BCUT2D eigenvalue weighted by atomic mass is 16.3. The SMILES string of the molecule is CC1(C)[C@@H]2CC[C@@]1(C)[C@@H](NCCCCCCC(=O)Nc1ccc3occ(C4CCC(=O)NC4=O)c3c1)C2. The Morgan fingerprint density at radius 2 is 1.92 bits per heavy atom. The zero-order valence-corrected chi connectivity index (χ0v) is 22.5. The molecule has 1 aromatic carbocycles. The second-order valence-electron chi connectivity index (χ2n) is 12.2. The predicted octanol–water partition coefficient (Wildman–Crippen LogP) is 5.65. The Hall–Kier alpha value is -2.67. The van der Waals surface area contributed by atoms with Gasteiger partial charge in [0.2, 0.25) is 17.7 Å². The Morgan fingerprint density at radius 3 is 2.65 bits per heavy atom. The zero-order valence-electron chi connectivity index (χ0n) is 22.5. The number of rotatable bonds is 10. The largest absolute Gasteiger partial charge is 0.464 e. The van der Waals surface area contributed by atoms with Crippen molar-refractivity contribution in [1.29, 1.82) is 0 Å². The van der Waals surface area contributed by atoms with Crippen molar-refractivity contribution in [1.82, 2.24) is 10.6 Å². The fourth-order valence-electron chi connectivity index (χ4n) is 7.16. The summed E-state index contributed by atoms with van der Waals surface area (Å²) in [5.41, 5.74) is 2.99. The van der Waals surface area contributed by atoms with Gasteiger partial charge >= 0.3 is 0 Å². The Bertz CT molecular complexity index is 1180. The highest BCUT2D eigenvalue weighted by Crippen LogP contribution is 2.65. The van der Waals surface area contributed by atoms with Gasteiger partial charge in [-0.1, -0.05) is 33.6 Å². The van der Waals surface area contributed by atoms with E-state index in [0.717, 1.165) is 49.1 Å². The first-order chi connectivity index (χ1) is 17.7. The van der Waals surface area contributed by atoms with Crippen LogP contribution >= 0.6 is 0 Å². The Morgan fingerprint density at radius 1 is 1.11 bits per heavy atom. The number of nitrogens with one attached hydrogen (secondary N) is 3. The van der Waals surface area contributed by atoms with E-state index in [2.05, 4.69) is 36.7 Å². The van der Waals surface area contributed by atoms with Crippen LogP contribution in [0.25, 0.3) is 11.0 Å². The standard InChI is InChI=1S/C30H41N3O4/c1-29(2)19-13-14-30(29,3)25(16-19)31-15-7-5-4-6-8-26(34)32-20-9-11-24-22(17-20)23(18-37-24)21-10-12-27(35)33-28(21)36/h9,11,17-19,21,25,31H,4-8,10,12-16H2,1-3H3,(H,32,34)(H,33,35,36)/t19-,21?,25+,30+/m1/s1. The van der Waals surface area contributed by atoms with Crippen LogP contribution in [0.3, 0.4) is 0 Å². The van der Waals surface area contributed by atoms with E-state index >= 15 is 0 Å². The number of amides is 3. The summed E-state index contributed by atoms with van der Waals surface area (Å²) in [6.45, 7) is 8.47. The van der Waals surface area contributed by atoms with Gasteiger partial charge in [-0.25, -0.2) is 0 Å². The van der Waals surface area contributed by atoms with Gasteiger partial charge in [-0.05, 0) is 80.0 Å². The van der Waals surface area contributed by atoms with E-state index in [1.54, 1.807) is 6.26 Å². The third-order valence-corrected chi connectivity index (χ3v) is 10.0. The molecule has 3 amide bonds. The summed E-state index contributed by atoms with van der Waals surface area (Å²) in [6, 6.07) is 6.14. The topological polar surface area (TPSA) is 100 Å². The van der Waals surface area contributed by atoms with Crippen molar-refractivity contribution in [3.05, 3.63) is 30.0 Å². The average Bonchev–Trinajstić information content (AvgIpc) is 3.42. The lowest BCUT2D eigenvalue weighted by Crippen LogP contribution is -2.44. The number of hydrogen-bond acceptors (Lipinski definition) is 5. The van der Waals surface area contributed by atoms with Crippen LogP contribution in [-0.2, 0) is 14.4 Å². The quantitative estimate of drug-likeness (QED) is 0.285. The maximum absolute atomic E-state index is 12.5. The minimum absolute atomic E-state index is 0.000614. The smallest absolute Gasteiger partial charge is 0.234 e. The average molecular weight is 508 g/mol. The molecule has 1 saturated heterocycles. The summed E-state index contributed by atoms with van der Waals surface area (Å²) >= 11 is 0. The first kappa shape index (κ1) is 26.0. The van der Waals surface area contributed by atoms with Crippen LogP contribution in [-0.4, -0.2) is 30.3 Å². The van der Waals surface area contributed by atoms with Crippen LogP contribution in [0.4, 0.5) is 5.69 Å². The fraction of sp³-hybridized carbons (Fsp3) is 0.633. The number of anilines is 1. The van der Waals surface area contributed by atoms with Crippen molar-refractivity contribution in [3.63, 3.8) is 0 Å². The predicted molar refractivity (Wildman–Crippen MR) is 144 cm³/mol. The Balaban J connectivity index is 1.03. The molecule has 2 aromatic rings. The number of piperidine rings is 1. The first-order valence-electron chi connectivity index (χ1n) is 14.1. The van der Waals surface area contributed by atoms with Crippen molar-refractivity contribution < 1.29 is 18.8 Å². The monoisotopic (exact) mass is 507 g/mol. The summed E-state index contributed by atoms with van der Waals surface area (Å²) in [4.78, 5) is 36.3. The number of unbranched alkanes of at least 4 members (excludes halogenated alkanes) is 3. The van der Waals surface area contributed by atoms with Gasteiger partial charge in [0.25, 0.3) is 0 Å². The minimum atomic E-state index is -0.419. The second-order valence-corrected chi connectivity index (χ2v) is 12.2. The van der Waals surface area contributed by atoms with Crippen LogP contribution in [0, 0.1) is 16.7 Å². The number of fused-ring (bicyclic) bond motifs is 3. The maximum atomic E-state index is 12.5. The Labute approximate surface area is 219 Å². The normalized spacial score (nSPS) is 28.6. The number of furan rings is 1. The highest BCUT2D eigenvalue weighted by molar-refractivity contribution is 6.03. The number of hydrogen-bond donors (Lipinski definition) is 3. The van der Waals surface area contributed by atoms with Crippen molar-refractivity contribution in [2.75, 3.05) is 11.9 Å². The number of benzene rings is 1. The molecule has 1 unspecified atom stereocenters. The minimum Gasteiger partial charge on any atom is -0.464 e. The van der Waals surface area contributed by atoms with Crippen molar-refractivity contribution >= 4 is 34.4 Å². The molecule has 7 nitrogen and oxygen atoms in total. The van der Waals surface area contributed by atoms with Gasteiger partial charge in [0.05, 0.1) is 12.2 Å². The number of imide groups is 1. The van der Waals surface area contributed by atoms with Crippen molar-refractivity contribution in [2.24, 2.45) is 16.7 Å². The molecule has 2 bridgehead atoms. The molecular formula is C30H41N3O4. The van der Waals surface area contributed by atoms with Gasteiger partial charge in [0.1, 0.15) is 5.58 Å². The Kier molecular flexibility index (Phi) is 7.18. The van der Waals surface area contributed by atoms with E-state index in [4.69, 9.17) is 4.42 Å². The molecule has 1 aromatic heterocycles. The summed E-state index contributed by atoms with van der Waals surface area (Å²) in [6.07, 6.45) is 11.1. The van der Waals surface area contributed by atoms with E-state index in [1.165, 1.54) is 19.3 Å². The lowest BCUT2D eigenvalue weighted by molar-refractivity contribution is -0.134. The van der Waals surface area contributed by atoms with Crippen LogP contribution in [0.2, 0.25) is 0 Å². The molecule has 2 heterocycles. The van der Waals surface area contributed by atoms with Crippen LogP contribution < -0.4 is 16.0 Å². The van der Waals surface area contributed by atoms with Crippen molar-refractivity contribution in [3.8, 4) is 0 Å². The molecule has 0 spiro atoms. The maximum Gasteiger partial charge on any atom is 0.234 e. The van der Waals surface area contributed by atoms with E-state index in [-0.39, 0.29) is 17.7 Å². The van der Waals surface area contributed by atoms with Crippen LogP contribution in [0.1, 0.15) is 96.5 Å². The molecule has 7 heteroatoms. The zero-order chi connectivity index (χ0) is 26.2. The van der Waals surface area contributed by atoms with Gasteiger partial charge in [0.15, 0.2) is 0 Å². The summed E-state index contributed by atoms with van der Waals surface area (Å²) in [5, 5.41) is 10.1. The molecule has 5 rings (SSSR count). The molecule has 1 aliphatic heterocycles. The molecule has 37 heavy (non-hydrogen) atoms. The lowest BCUT2D eigenvalue weighted by atomic mass is 9.69. The fourth-order valence-corrected chi connectivity index (χ4v) is 7.16. The molecule has 4 atom stereocenters. The van der Waals surface area contributed by atoms with Gasteiger partial charge in [-0.15, -0.1) is 0 Å². The summed E-state index contributed by atoms with van der Waals surface area (Å²) in [5.74, 6) is -0.0839. The lowest BCUT2D eigenvalue weighted by Gasteiger charge is -2.39. The van der Waals surface area contributed by atoms with E-state index < -0.39 is 5.92 Å². The third-order valence-electron chi connectivity index (χ3n) is 10.0. The second kappa shape index (κ2) is 10.2. The van der Waals surface area contributed by atoms with Crippen LogP contribution in [0.15, 0.2) is 28.9 Å². The van der Waals surface area contributed by atoms with Gasteiger partial charge < -0.3 is 15.1 Å². The van der Waals surface area contributed by atoms with E-state index in [9.17, 15) is 14.4 Å². The summed E-state index contributed by atoms with van der Waals surface area (Å²) in [7, 11) is 0. The molecule has 200 valence electrons. The van der Waals surface area contributed by atoms with Gasteiger partial charge in [0, 0.05) is 35.5 Å². The summed E-state index contributed by atoms with van der Waals surface area (Å²) < 4.78 is 5.63.